The van der Waals surface area contributed by atoms with Gasteiger partial charge in [0.25, 0.3) is 0 Å². The minimum Gasteiger partial charge on any atom is -0.444 e. The van der Waals surface area contributed by atoms with Crippen molar-refractivity contribution < 1.29 is 14.3 Å². The number of nitrogens with zero attached hydrogens (tertiary/aromatic N) is 1. The van der Waals surface area contributed by atoms with Gasteiger partial charge in [0.15, 0.2) is 0 Å². The van der Waals surface area contributed by atoms with Gasteiger partial charge in [-0.3, -0.25) is 4.79 Å². The first-order valence-electron chi connectivity index (χ1n) is 6.72. The van der Waals surface area contributed by atoms with Crippen molar-refractivity contribution in [1.29, 1.82) is 0 Å². The number of halogens is 1. The highest BCUT2D eigenvalue weighted by Crippen LogP contribution is 2.12. The van der Waals surface area contributed by atoms with Crippen molar-refractivity contribution in [3.05, 3.63) is 23.4 Å². The molecule has 1 rings (SSSR count). The van der Waals surface area contributed by atoms with Crippen LogP contribution in [-0.2, 0) is 9.53 Å². The molecule has 0 aliphatic heterocycles. The van der Waals surface area contributed by atoms with E-state index in [1.807, 2.05) is 0 Å². The van der Waals surface area contributed by atoms with Crippen molar-refractivity contribution in [3.63, 3.8) is 0 Å². The summed E-state index contributed by atoms with van der Waals surface area (Å²) in [7, 11) is 0. The Balaban J connectivity index is 2.14. The van der Waals surface area contributed by atoms with Crippen LogP contribution in [0, 0.1) is 0 Å². The lowest BCUT2D eigenvalue weighted by Crippen LogP contribution is -2.33. The molecule has 22 heavy (non-hydrogen) atoms. The first kappa shape index (κ1) is 18.6. The van der Waals surface area contributed by atoms with Gasteiger partial charge in [-0.25, -0.2) is 9.78 Å². The van der Waals surface area contributed by atoms with E-state index in [1.54, 1.807) is 32.9 Å². The van der Waals surface area contributed by atoms with Gasteiger partial charge in [0.05, 0.1) is 5.75 Å². The monoisotopic (exact) mass is 345 g/mol. The van der Waals surface area contributed by atoms with Crippen LogP contribution in [0.15, 0.2) is 18.3 Å². The lowest BCUT2D eigenvalue weighted by Gasteiger charge is -2.19. The van der Waals surface area contributed by atoms with Crippen molar-refractivity contribution in [2.45, 2.75) is 26.4 Å². The van der Waals surface area contributed by atoms with E-state index in [2.05, 4.69) is 15.6 Å². The zero-order valence-electron chi connectivity index (χ0n) is 12.8. The molecule has 0 atom stereocenters. The minimum atomic E-state index is -0.513. The average molecular weight is 346 g/mol. The number of hydrogen-bond donors (Lipinski definition) is 2. The number of carbonyl (C=O) groups excluding carboxylic acids is 2. The predicted octanol–water partition coefficient (Wildman–Crippen LogP) is 2.93. The van der Waals surface area contributed by atoms with Crippen LogP contribution in [0.2, 0.25) is 5.02 Å². The van der Waals surface area contributed by atoms with Crippen LogP contribution >= 0.6 is 23.4 Å². The Morgan fingerprint density at radius 2 is 2.14 bits per heavy atom. The predicted molar refractivity (Wildman–Crippen MR) is 89.4 cm³/mol. The number of rotatable bonds is 6. The summed E-state index contributed by atoms with van der Waals surface area (Å²) in [5.41, 5.74) is -0.513. The summed E-state index contributed by atoms with van der Waals surface area (Å²) < 4.78 is 5.10. The van der Waals surface area contributed by atoms with Crippen LogP contribution in [0.5, 0.6) is 0 Å². The van der Waals surface area contributed by atoms with E-state index in [0.717, 1.165) is 0 Å². The summed E-state index contributed by atoms with van der Waals surface area (Å²) >= 11 is 7.20. The number of anilines is 1. The van der Waals surface area contributed by atoms with Gasteiger partial charge in [0, 0.05) is 23.5 Å². The maximum atomic E-state index is 11.7. The third-order valence-corrected chi connectivity index (χ3v) is 3.33. The Bertz CT molecular complexity index is 520. The van der Waals surface area contributed by atoms with E-state index in [4.69, 9.17) is 16.3 Å². The quantitative estimate of drug-likeness (QED) is 0.775. The standard InChI is InChI=1S/C14H20ClN3O3S/c1-14(2,3)21-13(20)17-6-7-22-9-12(19)18-11-8-10(15)4-5-16-11/h4-5,8H,6-7,9H2,1-3H3,(H,17,20)(H,16,18,19). The number of hydrogen-bond acceptors (Lipinski definition) is 5. The lowest BCUT2D eigenvalue weighted by atomic mass is 10.2. The Morgan fingerprint density at radius 1 is 1.41 bits per heavy atom. The van der Waals surface area contributed by atoms with Crippen molar-refractivity contribution in [1.82, 2.24) is 10.3 Å². The zero-order valence-corrected chi connectivity index (χ0v) is 14.4. The Kier molecular flexibility index (Phi) is 7.47. The van der Waals surface area contributed by atoms with E-state index in [0.29, 0.717) is 23.1 Å². The highest BCUT2D eigenvalue weighted by molar-refractivity contribution is 7.99. The normalized spacial score (nSPS) is 10.9. The van der Waals surface area contributed by atoms with E-state index < -0.39 is 11.7 Å². The molecule has 0 aliphatic rings. The summed E-state index contributed by atoms with van der Waals surface area (Å²) in [6.07, 6.45) is 1.07. The second-order valence-electron chi connectivity index (χ2n) is 5.39. The first-order valence-corrected chi connectivity index (χ1v) is 8.25. The van der Waals surface area contributed by atoms with Gasteiger partial charge in [-0.15, -0.1) is 0 Å². The molecule has 6 nitrogen and oxygen atoms in total. The molecular formula is C14H20ClN3O3S. The van der Waals surface area contributed by atoms with Crippen LogP contribution in [0.4, 0.5) is 10.6 Å². The molecule has 0 saturated heterocycles. The summed E-state index contributed by atoms with van der Waals surface area (Å²) in [6.45, 7) is 5.84. The summed E-state index contributed by atoms with van der Waals surface area (Å²) in [4.78, 5) is 27.0. The van der Waals surface area contributed by atoms with Crippen molar-refractivity contribution in [2.24, 2.45) is 0 Å². The number of thioether (sulfide) groups is 1. The Morgan fingerprint density at radius 3 is 2.77 bits per heavy atom. The average Bonchev–Trinajstić information content (AvgIpc) is 2.36. The molecule has 1 aromatic heterocycles. The van der Waals surface area contributed by atoms with Gasteiger partial charge in [-0.05, 0) is 32.9 Å². The van der Waals surface area contributed by atoms with Gasteiger partial charge in [-0.1, -0.05) is 11.6 Å². The number of ether oxygens (including phenoxy) is 1. The van der Waals surface area contributed by atoms with Crippen LogP contribution in [0.1, 0.15) is 20.8 Å². The molecule has 0 saturated carbocycles. The third kappa shape index (κ3) is 8.74. The fourth-order valence-electron chi connectivity index (χ4n) is 1.36. The van der Waals surface area contributed by atoms with Gasteiger partial charge < -0.3 is 15.4 Å². The summed E-state index contributed by atoms with van der Waals surface area (Å²) in [5, 5.41) is 5.79. The van der Waals surface area contributed by atoms with Crippen LogP contribution in [0.3, 0.4) is 0 Å². The first-order chi connectivity index (χ1) is 10.3. The van der Waals surface area contributed by atoms with Crippen molar-refractivity contribution in [2.75, 3.05) is 23.4 Å². The summed E-state index contributed by atoms with van der Waals surface area (Å²) in [5.74, 6) is 1.13. The molecule has 1 heterocycles. The molecule has 0 aromatic carbocycles. The molecule has 2 amide bonds. The molecule has 1 aromatic rings. The number of alkyl carbamates (subject to hydrolysis) is 1. The van der Waals surface area contributed by atoms with E-state index in [1.165, 1.54) is 18.0 Å². The number of pyridine rings is 1. The van der Waals surface area contributed by atoms with Crippen molar-refractivity contribution in [3.8, 4) is 0 Å². The smallest absolute Gasteiger partial charge is 0.407 e. The van der Waals surface area contributed by atoms with E-state index >= 15 is 0 Å². The molecule has 0 fully saturated rings. The van der Waals surface area contributed by atoms with Crippen molar-refractivity contribution >= 4 is 41.2 Å². The number of aromatic nitrogens is 1. The van der Waals surface area contributed by atoms with E-state index in [9.17, 15) is 9.59 Å². The third-order valence-electron chi connectivity index (χ3n) is 2.14. The maximum absolute atomic E-state index is 11.7. The SMILES string of the molecule is CC(C)(C)OC(=O)NCCSCC(=O)Nc1cc(Cl)ccn1. The van der Waals surface area contributed by atoms with Gasteiger partial charge >= 0.3 is 6.09 Å². The highest BCUT2D eigenvalue weighted by Gasteiger charge is 2.15. The van der Waals surface area contributed by atoms with Gasteiger partial charge in [0.2, 0.25) is 5.91 Å². The fourth-order valence-corrected chi connectivity index (χ4v) is 2.16. The van der Waals surface area contributed by atoms with E-state index in [-0.39, 0.29) is 11.7 Å². The topological polar surface area (TPSA) is 80.3 Å². The van der Waals surface area contributed by atoms with Crippen LogP contribution in [-0.4, -0.2) is 40.6 Å². The second kappa shape index (κ2) is 8.85. The molecule has 0 spiro atoms. The molecule has 8 heteroatoms. The number of carbonyl (C=O) groups is 2. The minimum absolute atomic E-state index is 0.169. The largest absolute Gasteiger partial charge is 0.444 e. The van der Waals surface area contributed by atoms with Crippen LogP contribution < -0.4 is 10.6 Å². The molecule has 0 bridgehead atoms. The molecular weight excluding hydrogens is 326 g/mol. The second-order valence-corrected chi connectivity index (χ2v) is 6.93. The molecule has 0 aliphatic carbocycles. The van der Waals surface area contributed by atoms with Gasteiger partial charge in [0.1, 0.15) is 11.4 Å². The molecule has 0 unspecified atom stereocenters. The highest BCUT2D eigenvalue weighted by atomic mass is 35.5. The number of amides is 2. The van der Waals surface area contributed by atoms with Gasteiger partial charge in [-0.2, -0.15) is 11.8 Å². The number of nitrogens with one attached hydrogen (secondary N) is 2. The fraction of sp³-hybridized carbons (Fsp3) is 0.500. The molecule has 0 radical (unpaired) electrons. The Hall–Kier alpha value is -1.47. The maximum Gasteiger partial charge on any atom is 0.407 e. The molecule has 122 valence electrons. The zero-order chi connectivity index (χ0) is 16.6. The lowest BCUT2D eigenvalue weighted by molar-refractivity contribution is -0.113. The van der Waals surface area contributed by atoms with Crippen LogP contribution in [0.25, 0.3) is 0 Å². The Labute approximate surface area is 139 Å². The molecule has 2 N–H and O–H groups in total. The summed E-state index contributed by atoms with van der Waals surface area (Å²) in [6, 6.07) is 3.21.